The summed E-state index contributed by atoms with van der Waals surface area (Å²) in [7, 11) is -1.62. The molecule has 3 aromatic rings. The number of nitrogens with zero attached hydrogens (tertiary/aromatic N) is 3. The molecule has 4 rings (SSSR count). The van der Waals surface area contributed by atoms with E-state index in [1.807, 2.05) is 36.4 Å². The zero-order valence-corrected chi connectivity index (χ0v) is 20.2. The van der Waals surface area contributed by atoms with Gasteiger partial charge in [-0.25, -0.2) is 8.42 Å². The summed E-state index contributed by atoms with van der Waals surface area (Å²) in [5, 5.41) is 2.56. The minimum Gasteiger partial charge on any atom is -0.371 e. The highest BCUT2D eigenvalue weighted by Gasteiger charge is 2.26. The number of aromatic nitrogens is 1. The van der Waals surface area contributed by atoms with Gasteiger partial charge in [0.2, 0.25) is 5.91 Å². The Bertz CT molecular complexity index is 1230. The molecule has 0 spiro atoms. The minimum atomic E-state index is -3.40. The fourth-order valence-electron chi connectivity index (χ4n) is 4.37. The molecule has 0 N–H and O–H groups in total. The summed E-state index contributed by atoms with van der Waals surface area (Å²) >= 11 is 6.02. The second-order valence-corrected chi connectivity index (χ2v) is 11.2. The molecule has 1 aliphatic rings. The summed E-state index contributed by atoms with van der Waals surface area (Å²) in [4.78, 5) is 20.8. The monoisotopic (exact) mass is 485 g/mol. The Morgan fingerprint density at radius 1 is 1.06 bits per heavy atom. The van der Waals surface area contributed by atoms with E-state index >= 15 is 0 Å². The van der Waals surface area contributed by atoms with Gasteiger partial charge in [-0.3, -0.25) is 9.78 Å². The number of halogens is 1. The second-order valence-electron chi connectivity index (χ2n) is 8.60. The Kier molecular flexibility index (Phi) is 7.20. The molecule has 0 saturated carbocycles. The van der Waals surface area contributed by atoms with Crippen molar-refractivity contribution in [1.82, 2.24) is 9.88 Å². The van der Waals surface area contributed by atoms with Crippen LogP contribution in [0.4, 0.5) is 5.69 Å². The van der Waals surface area contributed by atoms with E-state index in [0.717, 1.165) is 42.4 Å². The largest absolute Gasteiger partial charge is 0.371 e. The van der Waals surface area contributed by atoms with Gasteiger partial charge >= 0.3 is 0 Å². The normalized spacial score (nSPS) is 15.0. The number of rotatable bonds is 7. The molecule has 2 aromatic carbocycles. The molecule has 1 aliphatic heterocycles. The number of amides is 1. The van der Waals surface area contributed by atoms with Gasteiger partial charge in [-0.1, -0.05) is 35.9 Å². The Labute approximate surface area is 200 Å². The molecule has 0 bridgehead atoms. The summed E-state index contributed by atoms with van der Waals surface area (Å²) in [6, 6.07) is 15.2. The lowest BCUT2D eigenvalue weighted by Gasteiger charge is -2.37. The number of hydrogen-bond acceptors (Lipinski definition) is 5. The van der Waals surface area contributed by atoms with E-state index in [1.165, 1.54) is 0 Å². The van der Waals surface area contributed by atoms with Crippen LogP contribution in [0.25, 0.3) is 10.8 Å². The lowest BCUT2D eigenvalue weighted by Crippen LogP contribution is -2.46. The highest BCUT2D eigenvalue weighted by atomic mass is 35.5. The second kappa shape index (κ2) is 10.1. The first-order valence-electron chi connectivity index (χ1n) is 11.1. The van der Waals surface area contributed by atoms with Crippen LogP contribution >= 0.6 is 11.6 Å². The van der Waals surface area contributed by atoms with Crippen LogP contribution < -0.4 is 4.90 Å². The van der Waals surface area contributed by atoms with Crippen LogP contribution in [0.2, 0.25) is 5.02 Å². The van der Waals surface area contributed by atoms with Crippen molar-refractivity contribution in [3.05, 3.63) is 71.5 Å². The van der Waals surface area contributed by atoms with Crippen LogP contribution in [0.1, 0.15) is 24.8 Å². The van der Waals surface area contributed by atoms with Crippen molar-refractivity contribution in [3.8, 4) is 0 Å². The molecule has 33 heavy (non-hydrogen) atoms. The number of sulfone groups is 1. The average Bonchev–Trinajstić information content (AvgIpc) is 2.82. The third-order valence-corrected chi connectivity index (χ3v) is 8.15. The van der Waals surface area contributed by atoms with E-state index < -0.39 is 9.84 Å². The van der Waals surface area contributed by atoms with Gasteiger partial charge in [-0.15, -0.1) is 0 Å². The van der Waals surface area contributed by atoms with Gasteiger partial charge < -0.3 is 9.80 Å². The van der Waals surface area contributed by atoms with Crippen LogP contribution in [-0.4, -0.2) is 56.1 Å². The number of carbonyl (C=O) groups excluding carboxylic acids is 1. The maximum Gasteiger partial charge on any atom is 0.223 e. The van der Waals surface area contributed by atoms with Gasteiger partial charge in [-0.2, -0.15) is 0 Å². The van der Waals surface area contributed by atoms with Crippen LogP contribution in [0, 0.1) is 0 Å². The molecular weight excluding hydrogens is 458 g/mol. The lowest BCUT2D eigenvalue weighted by atomic mass is 10.0. The average molecular weight is 486 g/mol. The summed E-state index contributed by atoms with van der Waals surface area (Å²) in [6.45, 7) is 1.72. The van der Waals surface area contributed by atoms with Gasteiger partial charge in [0.05, 0.1) is 11.5 Å². The van der Waals surface area contributed by atoms with Crippen LogP contribution in [0.15, 0.2) is 60.9 Å². The number of anilines is 1. The van der Waals surface area contributed by atoms with Crippen molar-refractivity contribution in [1.29, 1.82) is 0 Å². The van der Waals surface area contributed by atoms with Crippen molar-refractivity contribution in [2.45, 2.75) is 31.1 Å². The third kappa shape index (κ3) is 6.03. The van der Waals surface area contributed by atoms with Crippen molar-refractivity contribution in [3.63, 3.8) is 0 Å². The smallest absolute Gasteiger partial charge is 0.223 e. The van der Waals surface area contributed by atoms with E-state index in [9.17, 15) is 13.2 Å². The number of hydrogen-bond donors (Lipinski definition) is 0. The van der Waals surface area contributed by atoms with E-state index in [4.69, 9.17) is 11.6 Å². The van der Waals surface area contributed by atoms with Crippen molar-refractivity contribution < 1.29 is 13.2 Å². The van der Waals surface area contributed by atoms with E-state index in [0.29, 0.717) is 10.6 Å². The molecule has 2 heterocycles. The van der Waals surface area contributed by atoms with E-state index in [-0.39, 0.29) is 29.9 Å². The molecule has 1 amide bonds. The Balaban J connectivity index is 1.29. The molecule has 6 nitrogen and oxygen atoms in total. The predicted molar refractivity (Wildman–Crippen MR) is 133 cm³/mol. The fraction of sp³-hybridized carbons (Fsp3) is 0.360. The molecular formula is C25H28ClN3O3S. The summed E-state index contributed by atoms with van der Waals surface area (Å²) in [5.74, 6) is -0.341. The van der Waals surface area contributed by atoms with Crippen LogP contribution in [0.3, 0.4) is 0 Å². The first-order valence-corrected chi connectivity index (χ1v) is 13.3. The molecule has 174 valence electrons. The first kappa shape index (κ1) is 23.5. The fourth-order valence-corrected chi connectivity index (χ4v) is 5.87. The quantitative estimate of drug-likeness (QED) is 0.498. The van der Waals surface area contributed by atoms with Gasteiger partial charge in [0.15, 0.2) is 9.84 Å². The lowest BCUT2D eigenvalue weighted by molar-refractivity contribution is -0.131. The predicted octanol–water partition coefficient (Wildman–Crippen LogP) is 4.32. The highest BCUT2D eigenvalue weighted by Crippen LogP contribution is 2.23. The Hall–Kier alpha value is -2.64. The highest BCUT2D eigenvalue weighted by molar-refractivity contribution is 7.90. The van der Waals surface area contributed by atoms with E-state index in [2.05, 4.69) is 9.88 Å². The van der Waals surface area contributed by atoms with Gasteiger partial charge in [0.1, 0.15) is 0 Å². The van der Waals surface area contributed by atoms with Gasteiger partial charge in [-0.05, 0) is 53.4 Å². The maximum absolute atomic E-state index is 12.7. The topological polar surface area (TPSA) is 70.6 Å². The van der Waals surface area contributed by atoms with Crippen molar-refractivity contribution in [2.75, 3.05) is 30.8 Å². The molecule has 1 aromatic heterocycles. The molecule has 0 radical (unpaired) electrons. The van der Waals surface area contributed by atoms with E-state index in [1.54, 1.807) is 36.5 Å². The summed E-state index contributed by atoms with van der Waals surface area (Å²) in [6.07, 6.45) is 5.29. The third-order valence-electron chi connectivity index (χ3n) is 6.31. The van der Waals surface area contributed by atoms with Crippen molar-refractivity contribution >= 4 is 43.8 Å². The van der Waals surface area contributed by atoms with Crippen LogP contribution in [0.5, 0.6) is 0 Å². The standard InChI is InChI=1S/C25H28ClN3O3S/c1-28(23-8-13-29(14-9-23)24-6-11-27-12-7-24)25(30)10-15-33(31,32)18-19-2-3-21-17-22(26)5-4-20(21)16-19/h2-7,11-12,16-17,23H,8-10,13-15,18H2,1H3. The zero-order valence-electron chi connectivity index (χ0n) is 18.7. The molecule has 1 saturated heterocycles. The number of pyridine rings is 1. The Morgan fingerprint density at radius 2 is 1.73 bits per heavy atom. The summed E-state index contributed by atoms with van der Waals surface area (Å²) in [5.41, 5.74) is 1.86. The molecule has 0 unspecified atom stereocenters. The van der Waals surface area contributed by atoms with Crippen LogP contribution in [-0.2, 0) is 20.4 Å². The SMILES string of the molecule is CN(C(=O)CCS(=O)(=O)Cc1ccc2cc(Cl)ccc2c1)C1CCN(c2ccncc2)CC1. The Morgan fingerprint density at radius 3 is 2.45 bits per heavy atom. The van der Waals surface area contributed by atoms with Gasteiger partial charge in [0, 0.05) is 55.7 Å². The molecule has 8 heteroatoms. The molecule has 0 aliphatic carbocycles. The molecule has 1 fully saturated rings. The summed E-state index contributed by atoms with van der Waals surface area (Å²) < 4.78 is 25.4. The number of piperidine rings is 1. The molecule has 0 atom stereocenters. The maximum atomic E-state index is 12.7. The van der Waals surface area contributed by atoms with Crippen molar-refractivity contribution in [2.24, 2.45) is 0 Å². The number of carbonyl (C=O) groups is 1. The van der Waals surface area contributed by atoms with Gasteiger partial charge in [0.25, 0.3) is 0 Å². The number of fused-ring (bicyclic) bond motifs is 1. The minimum absolute atomic E-state index is 0.00654. The first-order chi connectivity index (χ1) is 15.8. The zero-order chi connectivity index (χ0) is 23.4. The number of benzene rings is 2.